The number of esters is 1. The number of ether oxygens (including phenoxy) is 2. The van der Waals surface area contributed by atoms with E-state index in [1.165, 1.54) is 0 Å². The molecule has 0 aromatic rings. The van der Waals surface area contributed by atoms with E-state index in [9.17, 15) is 9.59 Å². The molecule has 1 aliphatic carbocycles. The van der Waals surface area contributed by atoms with Gasteiger partial charge in [0.15, 0.2) is 5.78 Å². The van der Waals surface area contributed by atoms with Crippen LogP contribution in [0.15, 0.2) is 11.6 Å². The van der Waals surface area contributed by atoms with Crippen molar-refractivity contribution in [3.8, 4) is 12.8 Å². The fourth-order valence-corrected chi connectivity index (χ4v) is 1.96. The van der Waals surface area contributed by atoms with Crippen LogP contribution in [0, 0.1) is 12.8 Å². The van der Waals surface area contributed by atoms with Crippen LogP contribution in [-0.4, -0.2) is 30.6 Å². The topological polar surface area (TPSA) is 52.6 Å². The molecule has 22 heavy (non-hydrogen) atoms. The van der Waals surface area contributed by atoms with Gasteiger partial charge in [0.05, 0.1) is 12.7 Å². The molecule has 0 aliphatic heterocycles. The zero-order valence-corrected chi connectivity index (χ0v) is 14.6. The molecule has 0 spiro atoms. The van der Waals surface area contributed by atoms with Crippen LogP contribution < -0.4 is 0 Å². The molecule has 0 aromatic heterocycles. The maximum absolute atomic E-state index is 11.8. The molecule has 0 unspecified atom stereocenters. The standard InChI is InChI=1S/C14H22O4.C2H6.C2H2/c1-4-11(5-2)18-13-9-10(7-8-12(13)15)14(16)17-6-3;2*1-2/h9,11,13H,4-8H2,1-3H3;1-2H3;1-2H/t13-;;/m1../s1. The normalized spacial score (nSPS) is 16.6. The molecule has 0 amide bonds. The number of Topliss-reactive ketones (excluding diaryl/α,β-unsaturated/α-hetero) is 1. The van der Waals surface area contributed by atoms with Gasteiger partial charge in [0.1, 0.15) is 6.10 Å². The van der Waals surface area contributed by atoms with E-state index < -0.39 is 6.10 Å². The quantitative estimate of drug-likeness (QED) is 0.554. The average molecular weight is 310 g/mol. The predicted molar refractivity (Wildman–Crippen MR) is 89.4 cm³/mol. The molecule has 0 saturated heterocycles. The van der Waals surface area contributed by atoms with Crippen molar-refractivity contribution in [3.05, 3.63) is 11.6 Å². The summed E-state index contributed by atoms with van der Waals surface area (Å²) in [5, 5.41) is 0. The Balaban J connectivity index is 0. The lowest BCUT2D eigenvalue weighted by molar-refractivity contribution is -0.139. The van der Waals surface area contributed by atoms with Crippen LogP contribution in [0.1, 0.15) is 60.3 Å². The molecule has 0 radical (unpaired) electrons. The minimum Gasteiger partial charge on any atom is -0.463 e. The highest BCUT2D eigenvalue weighted by molar-refractivity contribution is 5.95. The van der Waals surface area contributed by atoms with Gasteiger partial charge in [-0.2, -0.15) is 0 Å². The third kappa shape index (κ3) is 7.99. The summed E-state index contributed by atoms with van der Waals surface area (Å²) in [6, 6.07) is 0. The summed E-state index contributed by atoms with van der Waals surface area (Å²) >= 11 is 0. The molecule has 0 bridgehead atoms. The molecule has 1 aliphatic rings. The van der Waals surface area contributed by atoms with Crippen molar-refractivity contribution in [3.63, 3.8) is 0 Å². The van der Waals surface area contributed by atoms with Gasteiger partial charge in [-0.25, -0.2) is 4.79 Å². The summed E-state index contributed by atoms with van der Waals surface area (Å²) in [6.07, 6.45) is 11.7. The van der Waals surface area contributed by atoms with Crippen molar-refractivity contribution in [1.29, 1.82) is 0 Å². The Morgan fingerprint density at radius 2 is 1.77 bits per heavy atom. The van der Waals surface area contributed by atoms with E-state index in [4.69, 9.17) is 9.47 Å². The molecule has 1 atom stereocenters. The Labute approximate surface area is 135 Å². The first kappa shape index (κ1) is 22.7. The average Bonchev–Trinajstić information content (AvgIpc) is 2.58. The van der Waals surface area contributed by atoms with Crippen LogP contribution in [0.3, 0.4) is 0 Å². The predicted octanol–water partition coefficient (Wildman–Crippen LogP) is 3.69. The van der Waals surface area contributed by atoms with Gasteiger partial charge in [-0.1, -0.05) is 27.7 Å². The Kier molecular flexibility index (Phi) is 14.8. The van der Waals surface area contributed by atoms with Crippen LogP contribution in [0.2, 0.25) is 0 Å². The van der Waals surface area contributed by atoms with Gasteiger partial charge in [-0.05, 0) is 32.3 Å². The Morgan fingerprint density at radius 1 is 1.23 bits per heavy atom. The number of rotatable bonds is 6. The number of hydrogen-bond acceptors (Lipinski definition) is 4. The third-order valence-corrected chi connectivity index (χ3v) is 3.10. The molecule has 0 fully saturated rings. The van der Waals surface area contributed by atoms with Gasteiger partial charge in [0.2, 0.25) is 0 Å². The van der Waals surface area contributed by atoms with Crippen molar-refractivity contribution >= 4 is 11.8 Å². The van der Waals surface area contributed by atoms with Crippen molar-refractivity contribution in [2.75, 3.05) is 6.61 Å². The number of carbonyl (C=O) groups is 2. The minimum absolute atomic E-state index is 0.0509. The van der Waals surface area contributed by atoms with Gasteiger partial charge in [0.25, 0.3) is 0 Å². The highest BCUT2D eigenvalue weighted by atomic mass is 16.5. The second-order valence-electron chi connectivity index (χ2n) is 4.37. The fraction of sp³-hybridized carbons (Fsp3) is 0.667. The lowest BCUT2D eigenvalue weighted by atomic mass is 9.96. The van der Waals surface area contributed by atoms with Gasteiger partial charge in [-0.15, -0.1) is 12.8 Å². The first-order valence-corrected chi connectivity index (χ1v) is 8.01. The summed E-state index contributed by atoms with van der Waals surface area (Å²) in [4.78, 5) is 23.4. The molecular formula is C18H30O4. The summed E-state index contributed by atoms with van der Waals surface area (Å²) < 4.78 is 10.7. The first-order valence-electron chi connectivity index (χ1n) is 8.01. The second-order valence-corrected chi connectivity index (χ2v) is 4.37. The lowest BCUT2D eigenvalue weighted by Gasteiger charge is -2.24. The largest absolute Gasteiger partial charge is 0.463 e. The second kappa shape index (κ2) is 14.3. The third-order valence-electron chi connectivity index (χ3n) is 3.10. The smallest absolute Gasteiger partial charge is 0.333 e. The highest BCUT2D eigenvalue weighted by Gasteiger charge is 2.27. The Hall–Kier alpha value is -1.60. The van der Waals surface area contributed by atoms with Gasteiger partial charge in [-0.3, -0.25) is 4.79 Å². The molecule has 4 heteroatoms. The summed E-state index contributed by atoms with van der Waals surface area (Å²) in [7, 11) is 0. The zero-order chi connectivity index (χ0) is 17.5. The number of ketones is 1. The zero-order valence-electron chi connectivity index (χ0n) is 14.6. The molecule has 4 nitrogen and oxygen atoms in total. The van der Waals surface area contributed by atoms with Gasteiger partial charge >= 0.3 is 5.97 Å². The lowest BCUT2D eigenvalue weighted by Crippen LogP contribution is -2.31. The molecule has 0 heterocycles. The first-order chi connectivity index (χ1) is 10.6. The summed E-state index contributed by atoms with van der Waals surface area (Å²) in [5.41, 5.74) is 0.562. The van der Waals surface area contributed by atoms with E-state index in [-0.39, 0.29) is 17.9 Å². The fourth-order valence-electron chi connectivity index (χ4n) is 1.96. The van der Waals surface area contributed by atoms with E-state index >= 15 is 0 Å². The van der Waals surface area contributed by atoms with E-state index in [2.05, 4.69) is 12.8 Å². The van der Waals surface area contributed by atoms with Crippen LogP contribution in [0.4, 0.5) is 0 Å². The molecule has 0 saturated carbocycles. The SMILES string of the molecule is C#C.CC.CCOC(=O)C1=C[C@@H](OC(CC)CC)C(=O)CC1. The highest BCUT2D eigenvalue weighted by Crippen LogP contribution is 2.21. The Morgan fingerprint density at radius 3 is 2.23 bits per heavy atom. The number of carbonyl (C=O) groups excluding carboxylic acids is 2. The van der Waals surface area contributed by atoms with Gasteiger partial charge in [0, 0.05) is 12.0 Å². The van der Waals surface area contributed by atoms with Crippen molar-refractivity contribution in [1.82, 2.24) is 0 Å². The van der Waals surface area contributed by atoms with E-state index in [0.717, 1.165) is 12.8 Å². The van der Waals surface area contributed by atoms with Crippen LogP contribution >= 0.6 is 0 Å². The van der Waals surface area contributed by atoms with E-state index in [0.29, 0.717) is 25.0 Å². The molecule has 0 aromatic carbocycles. The number of hydrogen-bond donors (Lipinski definition) is 0. The summed E-state index contributed by atoms with van der Waals surface area (Å²) in [6.45, 7) is 10.2. The van der Waals surface area contributed by atoms with Crippen molar-refractivity contribution in [2.24, 2.45) is 0 Å². The van der Waals surface area contributed by atoms with Crippen molar-refractivity contribution < 1.29 is 19.1 Å². The molecular weight excluding hydrogens is 280 g/mol. The molecule has 126 valence electrons. The maximum atomic E-state index is 11.8. The summed E-state index contributed by atoms with van der Waals surface area (Å²) in [5.74, 6) is -0.280. The van der Waals surface area contributed by atoms with Gasteiger partial charge < -0.3 is 9.47 Å². The van der Waals surface area contributed by atoms with Crippen LogP contribution in [0.25, 0.3) is 0 Å². The van der Waals surface area contributed by atoms with E-state index in [1.54, 1.807) is 13.0 Å². The molecule has 1 rings (SSSR count). The minimum atomic E-state index is -0.581. The van der Waals surface area contributed by atoms with E-state index in [1.807, 2.05) is 27.7 Å². The Bertz CT molecular complexity index is 365. The number of terminal acetylenes is 1. The maximum Gasteiger partial charge on any atom is 0.333 e. The van der Waals surface area contributed by atoms with Crippen molar-refractivity contribution in [2.45, 2.75) is 72.5 Å². The van der Waals surface area contributed by atoms with Crippen LogP contribution in [0.5, 0.6) is 0 Å². The monoisotopic (exact) mass is 310 g/mol. The van der Waals surface area contributed by atoms with Crippen LogP contribution in [-0.2, 0) is 19.1 Å². The molecule has 0 N–H and O–H groups in total.